The van der Waals surface area contributed by atoms with E-state index in [1.807, 2.05) is 35.2 Å². The summed E-state index contributed by atoms with van der Waals surface area (Å²) in [6.07, 6.45) is 3.70. The van der Waals surface area contributed by atoms with Crippen LogP contribution in [0.25, 0.3) is 11.5 Å². The number of amides is 1. The maximum atomic E-state index is 12.7. The Balaban J connectivity index is 1.19. The molecule has 1 fully saturated rings. The number of piperidine rings is 1. The molecule has 0 aliphatic carbocycles. The van der Waals surface area contributed by atoms with Gasteiger partial charge in [-0.15, -0.1) is 10.2 Å². The summed E-state index contributed by atoms with van der Waals surface area (Å²) in [5, 5.41) is 12.1. The zero-order chi connectivity index (χ0) is 19.6. The third kappa shape index (κ3) is 3.67. The van der Waals surface area contributed by atoms with Crippen molar-refractivity contribution in [2.45, 2.75) is 38.3 Å². The summed E-state index contributed by atoms with van der Waals surface area (Å²) < 4.78 is 7.80. The largest absolute Gasteiger partial charge is 0.444 e. The van der Waals surface area contributed by atoms with Crippen LogP contribution in [0.5, 0.6) is 0 Å². The number of nitrogens with one attached hydrogen (secondary N) is 1. The minimum Gasteiger partial charge on any atom is -0.444 e. The lowest BCUT2D eigenvalue weighted by Gasteiger charge is -2.32. The molecule has 1 N–H and O–H groups in total. The van der Waals surface area contributed by atoms with E-state index in [0.29, 0.717) is 17.5 Å². The van der Waals surface area contributed by atoms with Gasteiger partial charge in [0.2, 0.25) is 11.8 Å². The molecule has 4 heterocycles. The van der Waals surface area contributed by atoms with Crippen molar-refractivity contribution < 1.29 is 9.21 Å². The zero-order valence-electron chi connectivity index (χ0n) is 16.3. The molecule has 0 unspecified atom stereocenters. The van der Waals surface area contributed by atoms with Crippen LogP contribution < -0.4 is 5.32 Å². The van der Waals surface area contributed by atoms with Crippen molar-refractivity contribution in [1.29, 1.82) is 0 Å². The Morgan fingerprint density at radius 1 is 1.14 bits per heavy atom. The summed E-state index contributed by atoms with van der Waals surface area (Å²) in [5.74, 6) is 3.12. The normalized spacial score (nSPS) is 17.3. The lowest BCUT2D eigenvalue weighted by atomic mass is 9.95. The van der Waals surface area contributed by atoms with Crippen LogP contribution in [0.3, 0.4) is 0 Å². The second-order valence-corrected chi connectivity index (χ2v) is 7.64. The molecule has 0 spiro atoms. The molecule has 8 nitrogen and oxygen atoms in total. The fourth-order valence-corrected chi connectivity index (χ4v) is 4.17. The third-order valence-corrected chi connectivity index (χ3v) is 5.77. The van der Waals surface area contributed by atoms with E-state index in [0.717, 1.165) is 62.8 Å². The molecule has 0 bridgehead atoms. The summed E-state index contributed by atoms with van der Waals surface area (Å²) >= 11 is 0. The fraction of sp³-hybridized carbons (Fsp3) is 0.429. The van der Waals surface area contributed by atoms with E-state index in [1.54, 1.807) is 6.26 Å². The van der Waals surface area contributed by atoms with Crippen LogP contribution >= 0.6 is 0 Å². The number of carbonyl (C=O) groups is 1. The van der Waals surface area contributed by atoms with Gasteiger partial charge in [0.1, 0.15) is 17.9 Å². The maximum absolute atomic E-state index is 12.7. The Bertz CT molecular complexity index is 988. The first-order valence-electron chi connectivity index (χ1n) is 10.2. The van der Waals surface area contributed by atoms with Crippen LogP contribution in [0.2, 0.25) is 0 Å². The van der Waals surface area contributed by atoms with Gasteiger partial charge in [0, 0.05) is 37.7 Å². The number of benzene rings is 1. The van der Waals surface area contributed by atoms with Crippen LogP contribution in [0.15, 0.2) is 41.0 Å². The van der Waals surface area contributed by atoms with E-state index < -0.39 is 0 Å². The van der Waals surface area contributed by atoms with Gasteiger partial charge in [0.25, 0.3) is 0 Å². The maximum Gasteiger partial charge on any atom is 0.228 e. The van der Waals surface area contributed by atoms with Crippen molar-refractivity contribution in [2.75, 3.05) is 19.6 Å². The first kappa shape index (κ1) is 18.1. The average Bonchev–Trinajstić information content (AvgIpc) is 3.42. The molecule has 0 atom stereocenters. The Hall–Kier alpha value is -3.00. The van der Waals surface area contributed by atoms with Crippen LogP contribution in [-0.4, -0.2) is 50.2 Å². The number of hydrogen-bond acceptors (Lipinski definition) is 6. The molecular weight excluding hydrogens is 368 g/mol. The topological polar surface area (TPSA) is 89.1 Å². The molecule has 2 aromatic heterocycles. The van der Waals surface area contributed by atoms with Gasteiger partial charge >= 0.3 is 0 Å². The molecule has 2 aliphatic heterocycles. The smallest absolute Gasteiger partial charge is 0.228 e. The van der Waals surface area contributed by atoms with Gasteiger partial charge in [-0.1, -0.05) is 18.2 Å². The van der Waals surface area contributed by atoms with E-state index >= 15 is 0 Å². The molecule has 8 heteroatoms. The molecule has 1 saturated heterocycles. The van der Waals surface area contributed by atoms with Gasteiger partial charge < -0.3 is 19.2 Å². The first-order chi connectivity index (χ1) is 14.3. The summed E-state index contributed by atoms with van der Waals surface area (Å²) in [5.41, 5.74) is 1.59. The summed E-state index contributed by atoms with van der Waals surface area (Å²) in [6, 6.07) is 9.73. The highest BCUT2D eigenvalue weighted by atomic mass is 16.3. The number of likely N-dealkylation sites (tertiary alicyclic amines) is 1. The second-order valence-electron chi connectivity index (χ2n) is 7.64. The number of aromatic nitrogens is 4. The predicted octanol–water partition coefficient (Wildman–Crippen LogP) is 1.98. The van der Waals surface area contributed by atoms with Gasteiger partial charge in [-0.05, 0) is 25.0 Å². The number of carbonyl (C=O) groups excluding carboxylic acids is 1. The highest BCUT2D eigenvalue weighted by Crippen LogP contribution is 2.28. The fourth-order valence-electron chi connectivity index (χ4n) is 4.17. The molecule has 0 radical (unpaired) electrons. The van der Waals surface area contributed by atoms with Gasteiger partial charge in [0.05, 0.1) is 18.7 Å². The Morgan fingerprint density at radius 3 is 2.79 bits per heavy atom. The van der Waals surface area contributed by atoms with E-state index in [1.165, 1.54) is 0 Å². The van der Waals surface area contributed by atoms with Crippen molar-refractivity contribution in [1.82, 2.24) is 30.0 Å². The standard InChI is InChI=1S/C21H24N6O2/c28-19(12-17-14-29-21(23-17)16-4-2-1-3-5-16)26-9-6-15(7-10-26)20-25-24-18-13-22-8-11-27(18)20/h1-5,14-15,22H,6-13H2. The number of hydrogen-bond donors (Lipinski definition) is 1. The summed E-state index contributed by atoms with van der Waals surface area (Å²) in [6.45, 7) is 4.15. The summed E-state index contributed by atoms with van der Waals surface area (Å²) in [7, 11) is 0. The molecule has 150 valence electrons. The van der Waals surface area contributed by atoms with Crippen molar-refractivity contribution >= 4 is 5.91 Å². The van der Waals surface area contributed by atoms with Crippen molar-refractivity contribution in [2.24, 2.45) is 0 Å². The quantitative estimate of drug-likeness (QED) is 0.730. The predicted molar refractivity (Wildman–Crippen MR) is 106 cm³/mol. The first-order valence-corrected chi connectivity index (χ1v) is 10.2. The monoisotopic (exact) mass is 392 g/mol. The second kappa shape index (κ2) is 7.79. The van der Waals surface area contributed by atoms with Crippen LogP contribution in [0.1, 0.15) is 36.1 Å². The molecule has 5 rings (SSSR count). The minimum absolute atomic E-state index is 0.101. The van der Waals surface area contributed by atoms with Crippen LogP contribution in [0.4, 0.5) is 0 Å². The summed E-state index contributed by atoms with van der Waals surface area (Å²) in [4.78, 5) is 19.2. The molecule has 3 aromatic rings. The van der Waals surface area contributed by atoms with Gasteiger partial charge in [0.15, 0.2) is 0 Å². The molecule has 2 aliphatic rings. The van der Waals surface area contributed by atoms with Gasteiger partial charge in [-0.25, -0.2) is 4.98 Å². The third-order valence-electron chi connectivity index (χ3n) is 5.77. The van der Waals surface area contributed by atoms with Gasteiger partial charge in [-0.2, -0.15) is 0 Å². The van der Waals surface area contributed by atoms with Crippen LogP contribution in [0, 0.1) is 0 Å². The number of oxazole rings is 1. The lowest BCUT2D eigenvalue weighted by molar-refractivity contribution is -0.131. The van der Waals surface area contributed by atoms with E-state index in [9.17, 15) is 4.79 Å². The highest BCUT2D eigenvalue weighted by molar-refractivity contribution is 5.78. The number of fused-ring (bicyclic) bond motifs is 1. The number of rotatable bonds is 4. The van der Waals surface area contributed by atoms with Crippen molar-refractivity contribution in [3.63, 3.8) is 0 Å². The van der Waals surface area contributed by atoms with Crippen molar-refractivity contribution in [3.8, 4) is 11.5 Å². The number of nitrogens with zero attached hydrogens (tertiary/aromatic N) is 5. The highest BCUT2D eigenvalue weighted by Gasteiger charge is 2.29. The van der Waals surface area contributed by atoms with E-state index in [4.69, 9.17) is 4.42 Å². The average molecular weight is 392 g/mol. The van der Waals surface area contributed by atoms with Crippen molar-refractivity contribution in [3.05, 3.63) is 53.9 Å². The molecule has 1 amide bonds. The Morgan fingerprint density at radius 2 is 1.97 bits per heavy atom. The van der Waals surface area contributed by atoms with E-state index in [2.05, 4.69) is 25.1 Å². The lowest BCUT2D eigenvalue weighted by Crippen LogP contribution is -2.39. The van der Waals surface area contributed by atoms with E-state index in [-0.39, 0.29) is 12.3 Å². The Labute approximate surface area is 168 Å². The molecule has 29 heavy (non-hydrogen) atoms. The van der Waals surface area contributed by atoms with Gasteiger partial charge in [-0.3, -0.25) is 4.79 Å². The van der Waals surface area contributed by atoms with Crippen LogP contribution in [-0.2, 0) is 24.3 Å². The molecular formula is C21H24N6O2. The molecule has 0 saturated carbocycles. The Kier molecular flexibility index (Phi) is 4.85. The minimum atomic E-state index is 0.101. The SMILES string of the molecule is O=C(Cc1coc(-c2ccccc2)n1)N1CCC(c2nnc3n2CCNC3)CC1. The zero-order valence-corrected chi connectivity index (χ0v) is 16.3. The molecule has 1 aromatic carbocycles.